The zero-order chi connectivity index (χ0) is 6.69. The van der Waals surface area contributed by atoms with E-state index in [0.29, 0.717) is 6.61 Å². The second-order valence-corrected chi connectivity index (χ2v) is 2.38. The van der Waals surface area contributed by atoms with Gasteiger partial charge in [-0.05, 0) is 6.92 Å². The zero-order valence-electron chi connectivity index (χ0n) is 6.04. The van der Waals surface area contributed by atoms with E-state index in [-0.39, 0.29) is 24.6 Å². The molecule has 0 aromatic heterocycles. The normalized spacial score (nSPS) is 28.8. The first-order valence-corrected chi connectivity index (χ1v) is 3.30. The number of hydrogen-bond acceptors (Lipinski definition) is 3. The van der Waals surface area contributed by atoms with E-state index >= 15 is 0 Å². The summed E-state index contributed by atoms with van der Waals surface area (Å²) in [5.74, 6) is 0. The van der Waals surface area contributed by atoms with Gasteiger partial charge >= 0.3 is 0 Å². The van der Waals surface area contributed by atoms with Gasteiger partial charge in [0.15, 0.2) is 0 Å². The average Bonchev–Trinajstić information content (AvgIpc) is 1.90. The van der Waals surface area contributed by atoms with Gasteiger partial charge in [-0.25, -0.2) is 0 Å². The molecule has 0 unspecified atom stereocenters. The highest BCUT2D eigenvalue weighted by atomic mass is 35.5. The van der Waals surface area contributed by atoms with E-state index in [2.05, 4.69) is 5.32 Å². The first-order valence-electron chi connectivity index (χ1n) is 3.30. The van der Waals surface area contributed by atoms with Crippen LogP contribution in [-0.2, 0) is 4.74 Å². The Balaban J connectivity index is 0.000000810. The van der Waals surface area contributed by atoms with Gasteiger partial charge in [-0.15, -0.1) is 12.4 Å². The van der Waals surface area contributed by atoms with Crippen LogP contribution in [0, 0.1) is 0 Å². The van der Waals surface area contributed by atoms with Crippen molar-refractivity contribution in [3.8, 4) is 0 Å². The van der Waals surface area contributed by atoms with Gasteiger partial charge in [0.05, 0.1) is 25.4 Å². The molecule has 0 aromatic rings. The van der Waals surface area contributed by atoms with E-state index in [1.54, 1.807) is 6.92 Å². The number of aliphatic hydroxyl groups is 1. The highest BCUT2D eigenvalue weighted by Crippen LogP contribution is 1.97. The van der Waals surface area contributed by atoms with Crippen LogP contribution in [0.25, 0.3) is 0 Å². The molecule has 0 amide bonds. The molecule has 62 valence electrons. The summed E-state index contributed by atoms with van der Waals surface area (Å²) >= 11 is 0. The topological polar surface area (TPSA) is 41.5 Å². The van der Waals surface area contributed by atoms with Crippen LogP contribution in [0.4, 0.5) is 0 Å². The molecule has 0 spiro atoms. The Bertz CT molecular complexity index is 83.8. The maximum atomic E-state index is 9.03. The molecule has 1 fully saturated rings. The van der Waals surface area contributed by atoms with E-state index < -0.39 is 0 Å². The summed E-state index contributed by atoms with van der Waals surface area (Å²) in [5.41, 5.74) is 0. The molecular formula is C6H14ClNO2. The van der Waals surface area contributed by atoms with E-state index in [9.17, 15) is 0 Å². The van der Waals surface area contributed by atoms with E-state index in [0.717, 1.165) is 13.2 Å². The van der Waals surface area contributed by atoms with Gasteiger partial charge < -0.3 is 15.2 Å². The molecular weight excluding hydrogens is 154 g/mol. The Morgan fingerprint density at radius 2 is 2.40 bits per heavy atom. The standard InChI is InChI=1S/C6H13NO2.ClH/c1-5(8)6-4-9-3-2-7-6;/h5-8H,2-4H2,1H3;1H/t5-,6-;/m0./s1. The number of ether oxygens (including phenoxy) is 1. The van der Waals surface area contributed by atoms with Gasteiger partial charge in [-0.2, -0.15) is 0 Å². The highest BCUT2D eigenvalue weighted by Gasteiger charge is 2.16. The lowest BCUT2D eigenvalue weighted by Gasteiger charge is -2.25. The van der Waals surface area contributed by atoms with Crippen molar-refractivity contribution in [1.82, 2.24) is 5.32 Å². The largest absolute Gasteiger partial charge is 0.392 e. The molecule has 0 saturated carbocycles. The third kappa shape index (κ3) is 2.84. The SMILES string of the molecule is C[C@H](O)[C@@H]1COCCN1.Cl. The van der Waals surface area contributed by atoms with Crippen LogP contribution in [0.1, 0.15) is 6.92 Å². The van der Waals surface area contributed by atoms with Crippen molar-refractivity contribution in [2.75, 3.05) is 19.8 Å². The third-order valence-electron chi connectivity index (χ3n) is 1.53. The summed E-state index contributed by atoms with van der Waals surface area (Å²) in [6.07, 6.45) is -0.301. The molecule has 2 atom stereocenters. The minimum atomic E-state index is -0.301. The number of morpholine rings is 1. The quantitative estimate of drug-likeness (QED) is 0.568. The second-order valence-electron chi connectivity index (χ2n) is 2.38. The Morgan fingerprint density at radius 1 is 1.70 bits per heavy atom. The molecule has 3 nitrogen and oxygen atoms in total. The van der Waals surface area contributed by atoms with E-state index in [1.165, 1.54) is 0 Å². The summed E-state index contributed by atoms with van der Waals surface area (Å²) in [6.45, 7) is 4.03. The van der Waals surface area contributed by atoms with Crippen LogP contribution in [0.3, 0.4) is 0 Å². The average molecular weight is 168 g/mol. The predicted molar refractivity (Wildman–Crippen MR) is 41.5 cm³/mol. The first-order chi connectivity index (χ1) is 4.30. The molecule has 0 radical (unpaired) electrons. The fraction of sp³-hybridized carbons (Fsp3) is 1.00. The molecule has 1 aliphatic rings. The van der Waals surface area contributed by atoms with Crippen LogP contribution in [0.2, 0.25) is 0 Å². The van der Waals surface area contributed by atoms with Crippen molar-refractivity contribution in [3.05, 3.63) is 0 Å². The molecule has 0 bridgehead atoms. The van der Waals surface area contributed by atoms with E-state index in [1.807, 2.05) is 0 Å². The predicted octanol–water partition coefficient (Wildman–Crippen LogP) is -0.223. The number of halogens is 1. The Labute approximate surface area is 67.2 Å². The Kier molecular flexibility index (Phi) is 4.99. The maximum Gasteiger partial charge on any atom is 0.0687 e. The fourth-order valence-corrected chi connectivity index (χ4v) is 0.896. The minimum Gasteiger partial charge on any atom is -0.392 e. The lowest BCUT2D eigenvalue weighted by Crippen LogP contribution is -2.47. The molecule has 0 aromatic carbocycles. The van der Waals surface area contributed by atoms with Gasteiger partial charge in [0.25, 0.3) is 0 Å². The second kappa shape index (κ2) is 4.91. The van der Waals surface area contributed by atoms with Crippen molar-refractivity contribution in [2.45, 2.75) is 19.1 Å². The Morgan fingerprint density at radius 3 is 2.70 bits per heavy atom. The van der Waals surface area contributed by atoms with Gasteiger partial charge in [0.1, 0.15) is 0 Å². The van der Waals surface area contributed by atoms with Crippen molar-refractivity contribution in [1.29, 1.82) is 0 Å². The van der Waals surface area contributed by atoms with Crippen LogP contribution < -0.4 is 5.32 Å². The third-order valence-corrected chi connectivity index (χ3v) is 1.53. The summed E-state index contributed by atoms with van der Waals surface area (Å²) in [7, 11) is 0. The maximum absolute atomic E-state index is 9.03. The molecule has 4 heteroatoms. The zero-order valence-corrected chi connectivity index (χ0v) is 6.86. The molecule has 2 N–H and O–H groups in total. The van der Waals surface area contributed by atoms with Crippen LogP contribution >= 0.6 is 12.4 Å². The highest BCUT2D eigenvalue weighted by molar-refractivity contribution is 5.85. The van der Waals surface area contributed by atoms with Crippen molar-refractivity contribution in [3.63, 3.8) is 0 Å². The summed E-state index contributed by atoms with van der Waals surface area (Å²) in [5, 5.41) is 12.2. The fourth-order valence-electron chi connectivity index (χ4n) is 0.896. The first kappa shape index (κ1) is 10.2. The van der Waals surface area contributed by atoms with Gasteiger partial charge in [0, 0.05) is 6.54 Å². The number of nitrogens with one attached hydrogen (secondary N) is 1. The number of hydrogen-bond donors (Lipinski definition) is 2. The minimum absolute atomic E-state index is 0. The molecule has 1 aliphatic heterocycles. The number of aliphatic hydroxyl groups excluding tert-OH is 1. The summed E-state index contributed by atoms with van der Waals surface area (Å²) in [4.78, 5) is 0. The summed E-state index contributed by atoms with van der Waals surface area (Å²) in [6, 6.07) is 0.138. The van der Waals surface area contributed by atoms with Crippen LogP contribution in [-0.4, -0.2) is 37.0 Å². The lowest BCUT2D eigenvalue weighted by atomic mass is 10.2. The van der Waals surface area contributed by atoms with Crippen molar-refractivity contribution < 1.29 is 9.84 Å². The lowest BCUT2D eigenvalue weighted by molar-refractivity contribution is 0.0253. The smallest absolute Gasteiger partial charge is 0.0687 e. The van der Waals surface area contributed by atoms with Gasteiger partial charge in [-0.3, -0.25) is 0 Å². The summed E-state index contributed by atoms with van der Waals surface area (Å²) < 4.78 is 5.12. The van der Waals surface area contributed by atoms with Crippen LogP contribution in [0.15, 0.2) is 0 Å². The molecule has 1 heterocycles. The van der Waals surface area contributed by atoms with Crippen molar-refractivity contribution in [2.24, 2.45) is 0 Å². The van der Waals surface area contributed by atoms with Crippen molar-refractivity contribution >= 4 is 12.4 Å². The van der Waals surface area contributed by atoms with Crippen LogP contribution in [0.5, 0.6) is 0 Å². The monoisotopic (exact) mass is 167 g/mol. The molecule has 0 aliphatic carbocycles. The Hall–Kier alpha value is 0.170. The van der Waals surface area contributed by atoms with Gasteiger partial charge in [0.2, 0.25) is 0 Å². The van der Waals surface area contributed by atoms with E-state index in [4.69, 9.17) is 9.84 Å². The molecule has 1 saturated heterocycles. The van der Waals surface area contributed by atoms with Gasteiger partial charge in [-0.1, -0.05) is 0 Å². The number of rotatable bonds is 1. The molecule has 1 rings (SSSR count). The molecule has 10 heavy (non-hydrogen) atoms.